The van der Waals surface area contributed by atoms with Gasteiger partial charge in [0, 0.05) is 37.7 Å². The summed E-state index contributed by atoms with van der Waals surface area (Å²) in [5.41, 5.74) is 4.79. The minimum Gasteiger partial charge on any atom is -1.00 e. The van der Waals surface area contributed by atoms with Crippen LogP contribution in [0.2, 0.25) is 5.02 Å². The molecule has 0 radical (unpaired) electrons. The molecule has 3 aromatic carbocycles. The second-order valence-corrected chi connectivity index (χ2v) is 8.13. The Kier molecular flexibility index (Phi) is 5.84. The summed E-state index contributed by atoms with van der Waals surface area (Å²) in [6, 6.07) is 14.1. The van der Waals surface area contributed by atoms with Crippen LogP contribution >= 0.6 is 11.6 Å². The zero-order valence-corrected chi connectivity index (χ0v) is 19.8. The topological polar surface area (TPSA) is 66.2 Å². The van der Waals surface area contributed by atoms with Gasteiger partial charge < -0.3 is 27.1 Å². The number of hydrogen-bond donors (Lipinski definition) is 2. The van der Waals surface area contributed by atoms with Crippen molar-refractivity contribution in [1.29, 1.82) is 0 Å². The number of benzene rings is 3. The highest BCUT2D eigenvalue weighted by molar-refractivity contribution is 6.30. The summed E-state index contributed by atoms with van der Waals surface area (Å²) in [6.45, 7) is 4.05. The van der Waals surface area contributed by atoms with Gasteiger partial charge in [0.05, 0.1) is 10.9 Å². The van der Waals surface area contributed by atoms with E-state index in [2.05, 4.69) is 18.8 Å². The smallest absolute Gasteiger partial charge is 0.230 e. The highest BCUT2D eigenvalue weighted by atomic mass is 79.9. The first-order valence-electron chi connectivity index (χ1n) is 9.93. The first-order valence-corrected chi connectivity index (χ1v) is 10.3. The molecule has 0 atom stereocenters. The Morgan fingerprint density at radius 2 is 1.78 bits per heavy atom. The van der Waals surface area contributed by atoms with Crippen LogP contribution in [0.4, 0.5) is 0 Å². The zero-order chi connectivity index (χ0) is 21.7. The maximum Gasteiger partial charge on any atom is 0.230 e. The van der Waals surface area contributed by atoms with E-state index in [1.807, 2.05) is 24.5 Å². The summed E-state index contributed by atoms with van der Waals surface area (Å²) in [7, 11) is 0. The summed E-state index contributed by atoms with van der Waals surface area (Å²) in [4.78, 5) is 21.6. The number of aromatic nitrogens is 2. The minimum absolute atomic E-state index is 0. The number of H-pyrrole nitrogens is 1. The number of nitrogens with zero attached hydrogens (tertiary/aromatic N) is 1. The van der Waals surface area contributed by atoms with Gasteiger partial charge in [-0.1, -0.05) is 11.6 Å². The number of rotatable bonds is 4. The highest BCUT2D eigenvalue weighted by Gasteiger charge is 2.18. The van der Waals surface area contributed by atoms with Crippen LogP contribution in [0.15, 0.2) is 60.9 Å². The predicted octanol–water partition coefficient (Wildman–Crippen LogP) is 2.05. The number of pyridine rings is 1. The van der Waals surface area contributed by atoms with Gasteiger partial charge in [-0.05, 0) is 72.8 Å². The lowest BCUT2D eigenvalue weighted by molar-refractivity contribution is -0.888. The molecule has 0 amide bonds. The van der Waals surface area contributed by atoms with Crippen molar-refractivity contribution < 1.29 is 36.5 Å². The minimum atomic E-state index is -0.125. The number of aromatic amines is 1. The molecular formula is C25H20BrClN2O3. The number of Topliss-reactive ketones (excluding diaryl/α,β-unsaturated/α-hetero) is 1. The standard InChI is InChI=1S/C25H19ClN2O3.BrH/c1-14-21-12-28(31-13-23(30)16-3-5-17(26)6-4-16)10-9-19(21)15(2)25-24(14)20-11-18(29)7-8-22(20)27-25;/h3-12,29H,13H2,1-2H3;1H. The molecule has 0 aliphatic carbocycles. The van der Waals surface area contributed by atoms with Gasteiger partial charge in [-0.15, -0.1) is 0 Å². The number of aromatic hydroxyl groups is 1. The highest BCUT2D eigenvalue weighted by Crippen LogP contribution is 2.37. The maximum absolute atomic E-state index is 12.4. The van der Waals surface area contributed by atoms with E-state index < -0.39 is 0 Å². The third kappa shape index (κ3) is 3.70. The molecular weight excluding hydrogens is 492 g/mol. The molecule has 5 rings (SSSR count). The number of carbonyl (C=O) groups excluding carboxylic acids is 1. The molecule has 0 spiro atoms. The molecule has 0 aliphatic rings. The Labute approximate surface area is 199 Å². The number of carbonyl (C=O) groups is 1. The van der Waals surface area contributed by atoms with Crippen molar-refractivity contribution in [1.82, 2.24) is 4.98 Å². The monoisotopic (exact) mass is 510 g/mol. The first kappa shape index (κ1) is 22.1. The predicted molar refractivity (Wildman–Crippen MR) is 122 cm³/mol. The van der Waals surface area contributed by atoms with Gasteiger partial charge in [0.2, 0.25) is 24.8 Å². The SMILES string of the molecule is Cc1c2cc[n+](OCC(=O)c3ccc(Cl)cc3)cc2c(C)c2c1[nH]c1ccc(O)cc12.[Br-]. The van der Waals surface area contributed by atoms with Crippen molar-refractivity contribution in [3.05, 3.63) is 82.6 Å². The van der Waals surface area contributed by atoms with E-state index in [9.17, 15) is 9.90 Å². The van der Waals surface area contributed by atoms with Crippen molar-refractivity contribution in [3.8, 4) is 5.75 Å². The summed E-state index contributed by atoms with van der Waals surface area (Å²) >= 11 is 5.89. The fraction of sp³-hybridized carbons (Fsp3) is 0.120. The summed E-state index contributed by atoms with van der Waals surface area (Å²) in [6.07, 6.45) is 3.71. The number of aryl methyl sites for hydroxylation is 2. The average molecular weight is 512 g/mol. The zero-order valence-electron chi connectivity index (χ0n) is 17.4. The lowest BCUT2D eigenvalue weighted by atomic mass is 9.97. The molecule has 5 nitrogen and oxygen atoms in total. The number of nitrogens with one attached hydrogen (secondary N) is 1. The Bertz CT molecular complexity index is 1490. The van der Waals surface area contributed by atoms with Crippen molar-refractivity contribution in [3.63, 3.8) is 0 Å². The fourth-order valence-electron chi connectivity index (χ4n) is 4.16. The molecule has 0 fully saturated rings. The molecule has 5 aromatic rings. The number of ketones is 1. The fourth-order valence-corrected chi connectivity index (χ4v) is 4.28. The van der Waals surface area contributed by atoms with Gasteiger partial charge >= 0.3 is 0 Å². The molecule has 0 saturated carbocycles. The molecule has 32 heavy (non-hydrogen) atoms. The van der Waals surface area contributed by atoms with Crippen molar-refractivity contribution >= 4 is 50.0 Å². The normalized spacial score (nSPS) is 11.1. The van der Waals surface area contributed by atoms with Crippen LogP contribution in [0, 0.1) is 13.8 Å². The van der Waals surface area contributed by atoms with Crippen LogP contribution in [0.5, 0.6) is 5.75 Å². The van der Waals surface area contributed by atoms with Gasteiger partial charge in [-0.2, -0.15) is 0 Å². The number of halogens is 2. The Balaban J connectivity index is 0.00000245. The molecule has 0 saturated heterocycles. The molecule has 0 aliphatic heterocycles. The van der Waals surface area contributed by atoms with E-state index in [0.717, 1.165) is 43.7 Å². The summed E-state index contributed by atoms with van der Waals surface area (Å²) in [5.74, 6) is 0.109. The van der Waals surface area contributed by atoms with Crippen LogP contribution in [-0.4, -0.2) is 22.5 Å². The third-order valence-electron chi connectivity index (χ3n) is 5.79. The Morgan fingerprint density at radius 1 is 1.03 bits per heavy atom. The number of hydrogen-bond acceptors (Lipinski definition) is 3. The van der Waals surface area contributed by atoms with Crippen LogP contribution in [0.3, 0.4) is 0 Å². The molecule has 2 heterocycles. The first-order chi connectivity index (χ1) is 14.9. The van der Waals surface area contributed by atoms with E-state index in [-0.39, 0.29) is 35.1 Å². The molecule has 2 aromatic heterocycles. The van der Waals surface area contributed by atoms with Crippen LogP contribution in [-0.2, 0) is 0 Å². The van der Waals surface area contributed by atoms with Gasteiger partial charge in [0.1, 0.15) is 5.75 Å². The van der Waals surface area contributed by atoms with Crippen molar-refractivity contribution in [2.24, 2.45) is 0 Å². The molecule has 0 bridgehead atoms. The maximum atomic E-state index is 12.4. The van der Waals surface area contributed by atoms with E-state index >= 15 is 0 Å². The molecule has 7 heteroatoms. The van der Waals surface area contributed by atoms with Gasteiger partial charge in [0.25, 0.3) is 0 Å². The average Bonchev–Trinajstić information content (AvgIpc) is 3.15. The van der Waals surface area contributed by atoms with Gasteiger partial charge in [-0.25, -0.2) is 0 Å². The number of fused-ring (bicyclic) bond motifs is 4. The van der Waals surface area contributed by atoms with E-state index in [0.29, 0.717) is 10.6 Å². The summed E-state index contributed by atoms with van der Waals surface area (Å²) in [5, 5.41) is 14.7. The number of phenolic OH excluding ortho intramolecular Hbond substituents is 1. The van der Waals surface area contributed by atoms with Crippen molar-refractivity contribution in [2.45, 2.75) is 13.8 Å². The van der Waals surface area contributed by atoms with Crippen LogP contribution in [0.25, 0.3) is 32.6 Å². The van der Waals surface area contributed by atoms with E-state index in [4.69, 9.17) is 16.4 Å². The van der Waals surface area contributed by atoms with Gasteiger partial charge in [0.15, 0.2) is 0 Å². The molecule has 0 unspecified atom stereocenters. The molecule has 162 valence electrons. The van der Waals surface area contributed by atoms with Crippen molar-refractivity contribution in [2.75, 3.05) is 6.61 Å². The lowest BCUT2D eigenvalue weighted by Gasteiger charge is -2.08. The van der Waals surface area contributed by atoms with E-state index in [1.54, 1.807) is 41.1 Å². The molecule has 2 N–H and O–H groups in total. The second kappa shape index (κ2) is 8.45. The summed E-state index contributed by atoms with van der Waals surface area (Å²) < 4.78 is 1.57. The van der Waals surface area contributed by atoms with Crippen LogP contribution < -0.4 is 26.5 Å². The van der Waals surface area contributed by atoms with Crippen LogP contribution in [0.1, 0.15) is 21.5 Å². The number of phenols is 1. The third-order valence-corrected chi connectivity index (χ3v) is 6.04. The van der Waals surface area contributed by atoms with Gasteiger partial charge in [-0.3, -0.25) is 9.63 Å². The largest absolute Gasteiger partial charge is 1.00 e. The van der Waals surface area contributed by atoms with E-state index in [1.165, 1.54) is 0 Å². The quantitative estimate of drug-likeness (QED) is 0.287. The Morgan fingerprint density at radius 3 is 2.53 bits per heavy atom. The lowest BCUT2D eigenvalue weighted by Crippen LogP contribution is -3.00. The Hall–Kier alpha value is -3.09. The second-order valence-electron chi connectivity index (χ2n) is 7.69.